The average molecular weight is 217 g/mol. The van der Waals surface area contributed by atoms with Crippen molar-refractivity contribution in [2.45, 2.75) is 32.6 Å². The molecule has 2 rings (SSSR count). The van der Waals surface area contributed by atoms with Gasteiger partial charge in [-0.2, -0.15) is 0 Å². The van der Waals surface area contributed by atoms with Crippen LogP contribution in [0.1, 0.15) is 31.2 Å². The van der Waals surface area contributed by atoms with Crippen LogP contribution in [0, 0.1) is 6.92 Å². The Hall–Kier alpha value is -1.51. The summed E-state index contributed by atoms with van der Waals surface area (Å²) in [5, 5.41) is 3.29. The summed E-state index contributed by atoms with van der Waals surface area (Å²) in [7, 11) is 0. The molecule has 16 heavy (non-hydrogen) atoms. The fourth-order valence-electron chi connectivity index (χ4n) is 2.05. The highest BCUT2D eigenvalue weighted by molar-refractivity contribution is 5.61. The fraction of sp³-hybridized carbons (Fsp3) is 0.462. The summed E-state index contributed by atoms with van der Waals surface area (Å²) >= 11 is 0. The third kappa shape index (κ3) is 2.75. The Kier molecular flexibility index (Phi) is 3.44. The van der Waals surface area contributed by atoms with E-state index in [9.17, 15) is 0 Å². The molecule has 0 aliphatic heterocycles. The zero-order valence-corrected chi connectivity index (χ0v) is 9.79. The van der Waals surface area contributed by atoms with Gasteiger partial charge in [0.2, 0.25) is 0 Å². The van der Waals surface area contributed by atoms with Gasteiger partial charge in [-0.25, -0.2) is 4.98 Å². The van der Waals surface area contributed by atoms with Crippen LogP contribution in [0.4, 0.5) is 11.5 Å². The zero-order valence-electron chi connectivity index (χ0n) is 9.79. The summed E-state index contributed by atoms with van der Waals surface area (Å²) < 4.78 is 0. The van der Waals surface area contributed by atoms with E-state index in [1.807, 2.05) is 19.2 Å². The van der Waals surface area contributed by atoms with E-state index < -0.39 is 0 Å². The number of aryl methyl sites for hydroxylation is 1. The van der Waals surface area contributed by atoms with Crippen molar-refractivity contribution in [2.75, 3.05) is 17.6 Å². The lowest BCUT2D eigenvalue weighted by Gasteiger charge is -2.09. The molecular formula is C13H19N3. The molecule has 0 fully saturated rings. The van der Waals surface area contributed by atoms with Gasteiger partial charge in [-0.3, -0.25) is 0 Å². The van der Waals surface area contributed by atoms with Crippen molar-refractivity contribution in [3.8, 4) is 0 Å². The SMILES string of the molecule is Cc1cnc(NCCC2=CCCC2)c(N)c1. The number of hydrogen-bond acceptors (Lipinski definition) is 3. The normalized spacial score (nSPS) is 14.9. The lowest BCUT2D eigenvalue weighted by molar-refractivity contribution is 0.862. The number of rotatable bonds is 4. The van der Waals surface area contributed by atoms with E-state index in [2.05, 4.69) is 16.4 Å². The Balaban J connectivity index is 1.84. The highest BCUT2D eigenvalue weighted by Gasteiger charge is 2.05. The second-order valence-electron chi connectivity index (χ2n) is 4.38. The van der Waals surface area contributed by atoms with E-state index in [0.29, 0.717) is 0 Å². The summed E-state index contributed by atoms with van der Waals surface area (Å²) in [5.74, 6) is 0.809. The van der Waals surface area contributed by atoms with Crippen molar-refractivity contribution < 1.29 is 0 Å². The highest BCUT2D eigenvalue weighted by Crippen LogP contribution is 2.21. The van der Waals surface area contributed by atoms with Crippen molar-refractivity contribution >= 4 is 11.5 Å². The van der Waals surface area contributed by atoms with Crippen LogP contribution in [0.3, 0.4) is 0 Å². The molecule has 0 unspecified atom stereocenters. The number of nitrogens with one attached hydrogen (secondary N) is 1. The molecule has 1 aliphatic carbocycles. The van der Waals surface area contributed by atoms with Gasteiger partial charge in [-0.1, -0.05) is 11.6 Å². The fourth-order valence-corrected chi connectivity index (χ4v) is 2.05. The quantitative estimate of drug-likeness (QED) is 0.762. The molecule has 0 aromatic carbocycles. The lowest BCUT2D eigenvalue weighted by atomic mass is 10.2. The maximum Gasteiger partial charge on any atom is 0.149 e. The van der Waals surface area contributed by atoms with Crippen LogP contribution in [0.15, 0.2) is 23.9 Å². The minimum Gasteiger partial charge on any atom is -0.396 e. The third-order valence-electron chi connectivity index (χ3n) is 2.93. The number of nitrogen functional groups attached to an aromatic ring is 1. The predicted molar refractivity (Wildman–Crippen MR) is 68.4 cm³/mol. The molecule has 0 saturated heterocycles. The average Bonchev–Trinajstić information content (AvgIpc) is 2.74. The Labute approximate surface area is 96.8 Å². The molecule has 0 radical (unpaired) electrons. The predicted octanol–water partition coefficient (Wildman–Crippen LogP) is 2.88. The van der Waals surface area contributed by atoms with Gasteiger partial charge in [-0.15, -0.1) is 0 Å². The number of allylic oxidation sites excluding steroid dienone is 1. The number of nitrogens with two attached hydrogens (primary N) is 1. The molecule has 0 spiro atoms. The van der Waals surface area contributed by atoms with Gasteiger partial charge < -0.3 is 11.1 Å². The topological polar surface area (TPSA) is 50.9 Å². The summed E-state index contributed by atoms with van der Waals surface area (Å²) in [6, 6.07) is 1.95. The van der Waals surface area contributed by atoms with E-state index in [4.69, 9.17) is 5.73 Å². The van der Waals surface area contributed by atoms with E-state index >= 15 is 0 Å². The van der Waals surface area contributed by atoms with Gasteiger partial charge >= 0.3 is 0 Å². The van der Waals surface area contributed by atoms with Crippen molar-refractivity contribution in [3.63, 3.8) is 0 Å². The lowest BCUT2D eigenvalue weighted by Crippen LogP contribution is -2.06. The molecule has 0 bridgehead atoms. The zero-order chi connectivity index (χ0) is 11.4. The first-order valence-electron chi connectivity index (χ1n) is 5.89. The van der Waals surface area contributed by atoms with E-state index in [0.717, 1.165) is 30.0 Å². The Bertz CT molecular complexity index is 396. The number of pyridine rings is 1. The first-order valence-corrected chi connectivity index (χ1v) is 5.89. The second-order valence-corrected chi connectivity index (χ2v) is 4.38. The van der Waals surface area contributed by atoms with Crippen LogP contribution in [-0.4, -0.2) is 11.5 Å². The number of nitrogens with zero attached hydrogens (tertiary/aromatic N) is 1. The molecule has 1 aromatic rings. The van der Waals surface area contributed by atoms with Crippen LogP contribution in [0.25, 0.3) is 0 Å². The molecule has 1 heterocycles. The van der Waals surface area contributed by atoms with Gasteiger partial charge in [0.15, 0.2) is 0 Å². The molecule has 86 valence electrons. The van der Waals surface area contributed by atoms with Crippen LogP contribution < -0.4 is 11.1 Å². The maximum absolute atomic E-state index is 5.88. The van der Waals surface area contributed by atoms with Gasteiger partial charge in [0.1, 0.15) is 5.82 Å². The number of hydrogen-bond donors (Lipinski definition) is 2. The van der Waals surface area contributed by atoms with Crippen LogP contribution in [0.5, 0.6) is 0 Å². The van der Waals surface area contributed by atoms with Crippen LogP contribution in [-0.2, 0) is 0 Å². The first kappa shape index (κ1) is 11.0. The summed E-state index contributed by atoms with van der Waals surface area (Å²) in [6.45, 7) is 2.92. The van der Waals surface area contributed by atoms with Crippen molar-refractivity contribution in [1.82, 2.24) is 4.98 Å². The molecule has 0 amide bonds. The van der Waals surface area contributed by atoms with Gasteiger partial charge in [-0.05, 0) is 44.2 Å². The standard InChI is InChI=1S/C13H19N3/c1-10-8-12(14)13(16-9-10)15-7-6-11-4-2-3-5-11/h4,8-9H,2-3,5-7,14H2,1H3,(H,15,16). The Morgan fingerprint density at radius 3 is 3.06 bits per heavy atom. The number of aromatic nitrogens is 1. The van der Waals surface area contributed by atoms with Crippen molar-refractivity contribution in [1.29, 1.82) is 0 Å². The van der Waals surface area contributed by atoms with E-state index in [-0.39, 0.29) is 0 Å². The summed E-state index contributed by atoms with van der Waals surface area (Å²) in [5.41, 5.74) is 9.28. The molecule has 3 nitrogen and oxygen atoms in total. The smallest absolute Gasteiger partial charge is 0.149 e. The highest BCUT2D eigenvalue weighted by atomic mass is 15.0. The van der Waals surface area contributed by atoms with Gasteiger partial charge in [0.05, 0.1) is 5.69 Å². The second kappa shape index (κ2) is 5.01. The minimum atomic E-state index is 0.736. The van der Waals surface area contributed by atoms with Crippen molar-refractivity contribution in [2.24, 2.45) is 0 Å². The van der Waals surface area contributed by atoms with Crippen LogP contribution in [0.2, 0.25) is 0 Å². The van der Waals surface area contributed by atoms with Gasteiger partial charge in [0, 0.05) is 12.7 Å². The molecule has 0 atom stereocenters. The van der Waals surface area contributed by atoms with E-state index in [1.54, 1.807) is 5.57 Å². The first-order chi connectivity index (χ1) is 7.75. The molecule has 3 heteroatoms. The maximum atomic E-state index is 5.88. The molecule has 0 saturated carbocycles. The summed E-state index contributed by atoms with van der Waals surface area (Å²) in [4.78, 5) is 4.29. The molecule has 1 aliphatic rings. The number of anilines is 2. The minimum absolute atomic E-state index is 0.736. The van der Waals surface area contributed by atoms with Crippen molar-refractivity contribution in [3.05, 3.63) is 29.5 Å². The van der Waals surface area contributed by atoms with Gasteiger partial charge in [0.25, 0.3) is 0 Å². The molecular weight excluding hydrogens is 198 g/mol. The third-order valence-corrected chi connectivity index (χ3v) is 2.93. The largest absolute Gasteiger partial charge is 0.396 e. The Morgan fingerprint density at radius 2 is 2.38 bits per heavy atom. The molecule has 3 N–H and O–H groups in total. The monoisotopic (exact) mass is 217 g/mol. The Morgan fingerprint density at radius 1 is 1.50 bits per heavy atom. The summed E-state index contributed by atoms with van der Waals surface area (Å²) in [6.07, 6.45) is 9.13. The van der Waals surface area contributed by atoms with Crippen LogP contribution >= 0.6 is 0 Å². The van der Waals surface area contributed by atoms with E-state index in [1.165, 1.54) is 19.3 Å². The molecule has 1 aromatic heterocycles.